The fraction of sp³-hybridized carbons (Fsp3) is 0.294. The number of urea groups is 1. The highest BCUT2D eigenvalue weighted by atomic mass is 16.2. The molecular weight excluding hydrogens is 306 g/mol. The van der Waals surface area contributed by atoms with Crippen LogP contribution in [0.5, 0.6) is 0 Å². The van der Waals surface area contributed by atoms with E-state index in [0.29, 0.717) is 17.8 Å². The van der Waals surface area contributed by atoms with Gasteiger partial charge in [0.2, 0.25) is 0 Å². The fourth-order valence-electron chi connectivity index (χ4n) is 2.01. The SMILES string of the molecule is CN(C)C(=O)NCc1cc(C(=O)NCCc2ccncc2)ccn1. The van der Waals surface area contributed by atoms with Gasteiger partial charge in [-0.15, -0.1) is 0 Å². The van der Waals surface area contributed by atoms with Crippen molar-refractivity contribution in [2.24, 2.45) is 0 Å². The quantitative estimate of drug-likeness (QED) is 0.835. The summed E-state index contributed by atoms with van der Waals surface area (Å²) in [7, 11) is 3.32. The highest BCUT2D eigenvalue weighted by Gasteiger charge is 2.08. The van der Waals surface area contributed by atoms with Gasteiger partial charge in [-0.2, -0.15) is 0 Å². The summed E-state index contributed by atoms with van der Waals surface area (Å²) < 4.78 is 0. The molecule has 0 aliphatic heterocycles. The van der Waals surface area contributed by atoms with E-state index in [2.05, 4.69) is 20.6 Å². The van der Waals surface area contributed by atoms with Crippen molar-refractivity contribution < 1.29 is 9.59 Å². The maximum atomic E-state index is 12.2. The first-order valence-electron chi connectivity index (χ1n) is 7.63. The Bertz CT molecular complexity index is 688. The number of nitrogens with one attached hydrogen (secondary N) is 2. The van der Waals surface area contributed by atoms with Crippen LogP contribution in [0.2, 0.25) is 0 Å². The van der Waals surface area contributed by atoms with Gasteiger partial charge in [0.15, 0.2) is 0 Å². The largest absolute Gasteiger partial charge is 0.352 e. The van der Waals surface area contributed by atoms with Crippen molar-refractivity contribution in [1.82, 2.24) is 25.5 Å². The highest BCUT2D eigenvalue weighted by molar-refractivity contribution is 5.94. The van der Waals surface area contributed by atoms with E-state index in [9.17, 15) is 9.59 Å². The van der Waals surface area contributed by atoms with Gasteiger partial charge >= 0.3 is 6.03 Å². The maximum absolute atomic E-state index is 12.2. The lowest BCUT2D eigenvalue weighted by Gasteiger charge is -2.12. The topological polar surface area (TPSA) is 87.2 Å². The number of pyridine rings is 2. The molecule has 2 N–H and O–H groups in total. The Morgan fingerprint density at radius 2 is 1.83 bits per heavy atom. The van der Waals surface area contributed by atoms with E-state index >= 15 is 0 Å². The summed E-state index contributed by atoms with van der Waals surface area (Å²) in [6.07, 6.45) is 5.77. The van der Waals surface area contributed by atoms with Gasteiger partial charge in [-0.05, 0) is 36.2 Å². The summed E-state index contributed by atoms with van der Waals surface area (Å²) in [5, 5.41) is 5.59. The Morgan fingerprint density at radius 3 is 2.54 bits per heavy atom. The van der Waals surface area contributed by atoms with Crippen molar-refractivity contribution in [3.05, 3.63) is 59.7 Å². The van der Waals surface area contributed by atoms with Crippen LogP contribution in [0.25, 0.3) is 0 Å². The summed E-state index contributed by atoms with van der Waals surface area (Å²) in [5.41, 5.74) is 2.27. The molecule has 126 valence electrons. The number of rotatable bonds is 6. The summed E-state index contributed by atoms with van der Waals surface area (Å²) in [5.74, 6) is -0.161. The van der Waals surface area contributed by atoms with E-state index in [4.69, 9.17) is 0 Å². The van der Waals surface area contributed by atoms with Crippen LogP contribution in [0.4, 0.5) is 4.79 Å². The van der Waals surface area contributed by atoms with E-state index < -0.39 is 0 Å². The van der Waals surface area contributed by atoms with Crippen LogP contribution >= 0.6 is 0 Å². The smallest absolute Gasteiger partial charge is 0.317 e. The Kier molecular flexibility index (Phi) is 6.24. The fourth-order valence-corrected chi connectivity index (χ4v) is 2.01. The second-order valence-electron chi connectivity index (χ2n) is 5.45. The van der Waals surface area contributed by atoms with Crippen LogP contribution < -0.4 is 10.6 Å². The molecule has 24 heavy (non-hydrogen) atoms. The van der Waals surface area contributed by atoms with Crippen molar-refractivity contribution in [3.63, 3.8) is 0 Å². The first kappa shape index (κ1) is 17.4. The van der Waals surface area contributed by atoms with Gasteiger partial charge in [0.25, 0.3) is 5.91 Å². The molecule has 0 unspecified atom stereocenters. The van der Waals surface area contributed by atoms with Crippen molar-refractivity contribution in [3.8, 4) is 0 Å². The van der Waals surface area contributed by atoms with Gasteiger partial charge in [-0.25, -0.2) is 4.79 Å². The van der Waals surface area contributed by atoms with Crippen molar-refractivity contribution in [2.75, 3.05) is 20.6 Å². The summed E-state index contributed by atoms with van der Waals surface area (Å²) in [6, 6.07) is 6.97. The van der Waals surface area contributed by atoms with E-state index in [-0.39, 0.29) is 18.5 Å². The zero-order valence-electron chi connectivity index (χ0n) is 13.8. The van der Waals surface area contributed by atoms with E-state index in [1.807, 2.05) is 12.1 Å². The van der Waals surface area contributed by atoms with Gasteiger partial charge in [0, 0.05) is 44.8 Å². The predicted octanol–water partition coefficient (Wildman–Crippen LogP) is 1.22. The molecule has 0 aromatic carbocycles. The third-order valence-corrected chi connectivity index (χ3v) is 3.35. The first-order chi connectivity index (χ1) is 11.6. The molecule has 7 heteroatoms. The van der Waals surface area contributed by atoms with Crippen LogP contribution in [0.1, 0.15) is 21.6 Å². The average Bonchev–Trinajstić information content (AvgIpc) is 2.60. The van der Waals surface area contributed by atoms with Gasteiger partial charge in [-0.3, -0.25) is 14.8 Å². The molecular formula is C17H21N5O2. The van der Waals surface area contributed by atoms with Crippen LogP contribution in [0.15, 0.2) is 42.9 Å². The number of nitrogens with zero attached hydrogens (tertiary/aromatic N) is 3. The molecule has 0 aliphatic rings. The second kappa shape index (κ2) is 8.61. The zero-order valence-corrected chi connectivity index (χ0v) is 13.8. The molecule has 0 saturated carbocycles. The van der Waals surface area contributed by atoms with Crippen LogP contribution in [0, 0.1) is 0 Å². The monoisotopic (exact) mass is 327 g/mol. The summed E-state index contributed by atoms with van der Waals surface area (Å²) >= 11 is 0. The Balaban J connectivity index is 1.85. The summed E-state index contributed by atoms with van der Waals surface area (Å²) in [4.78, 5) is 33.3. The van der Waals surface area contributed by atoms with E-state index in [0.717, 1.165) is 12.0 Å². The standard InChI is InChI=1S/C17H21N5O2/c1-22(2)17(24)21-12-15-11-14(6-10-19-15)16(23)20-9-5-13-3-7-18-8-4-13/h3-4,6-8,10-11H,5,9,12H2,1-2H3,(H,20,23)(H,21,24). The molecule has 0 saturated heterocycles. The first-order valence-corrected chi connectivity index (χ1v) is 7.63. The molecule has 2 rings (SSSR count). The third kappa shape index (κ3) is 5.35. The highest BCUT2D eigenvalue weighted by Crippen LogP contribution is 2.03. The normalized spacial score (nSPS) is 10.1. The lowest BCUT2D eigenvalue weighted by molar-refractivity contribution is 0.0954. The molecule has 0 aliphatic carbocycles. The van der Waals surface area contributed by atoms with Crippen LogP contribution in [-0.2, 0) is 13.0 Å². The maximum Gasteiger partial charge on any atom is 0.317 e. The number of carbonyl (C=O) groups excluding carboxylic acids is 2. The minimum absolute atomic E-state index is 0.161. The second-order valence-corrected chi connectivity index (χ2v) is 5.45. The Morgan fingerprint density at radius 1 is 1.08 bits per heavy atom. The van der Waals surface area contributed by atoms with Crippen molar-refractivity contribution in [1.29, 1.82) is 0 Å². The number of carbonyl (C=O) groups is 2. The Labute approximate surface area is 141 Å². The lowest BCUT2D eigenvalue weighted by Crippen LogP contribution is -2.34. The number of aromatic nitrogens is 2. The molecule has 0 bridgehead atoms. The number of hydrogen-bond acceptors (Lipinski definition) is 4. The molecule has 0 fully saturated rings. The molecule has 3 amide bonds. The molecule has 0 radical (unpaired) electrons. The zero-order chi connectivity index (χ0) is 17.4. The van der Waals surface area contributed by atoms with Crippen molar-refractivity contribution >= 4 is 11.9 Å². The van der Waals surface area contributed by atoms with Crippen LogP contribution in [-0.4, -0.2) is 47.4 Å². The van der Waals surface area contributed by atoms with Crippen LogP contribution in [0.3, 0.4) is 0 Å². The third-order valence-electron chi connectivity index (χ3n) is 3.35. The molecule has 7 nitrogen and oxygen atoms in total. The van der Waals surface area contributed by atoms with Gasteiger partial charge in [-0.1, -0.05) is 0 Å². The minimum atomic E-state index is -0.205. The number of amides is 3. The minimum Gasteiger partial charge on any atom is -0.352 e. The summed E-state index contributed by atoms with van der Waals surface area (Å²) in [6.45, 7) is 0.813. The number of hydrogen-bond donors (Lipinski definition) is 2. The average molecular weight is 327 g/mol. The molecule has 2 heterocycles. The predicted molar refractivity (Wildman–Crippen MR) is 90.4 cm³/mol. The van der Waals surface area contributed by atoms with E-state index in [1.54, 1.807) is 44.8 Å². The Hall–Kier alpha value is -2.96. The van der Waals surface area contributed by atoms with Gasteiger partial charge in [0.05, 0.1) is 12.2 Å². The molecule has 0 spiro atoms. The van der Waals surface area contributed by atoms with Gasteiger partial charge in [0.1, 0.15) is 0 Å². The molecule has 2 aromatic rings. The van der Waals surface area contributed by atoms with E-state index in [1.165, 1.54) is 4.90 Å². The van der Waals surface area contributed by atoms with Gasteiger partial charge < -0.3 is 15.5 Å². The van der Waals surface area contributed by atoms with Crippen molar-refractivity contribution in [2.45, 2.75) is 13.0 Å². The molecule has 2 aromatic heterocycles. The lowest BCUT2D eigenvalue weighted by atomic mass is 10.2. The molecule has 0 atom stereocenters.